The number of hydrogen-bond acceptors (Lipinski definition) is 5. The van der Waals surface area contributed by atoms with E-state index < -0.39 is 0 Å². The molecule has 5 heteroatoms. The second kappa shape index (κ2) is 6.60. The molecule has 2 N–H and O–H groups in total. The van der Waals surface area contributed by atoms with E-state index in [1.54, 1.807) is 11.3 Å². The van der Waals surface area contributed by atoms with Gasteiger partial charge in [-0.1, -0.05) is 19.8 Å². The van der Waals surface area contributed by atoms with Crippen molar-refractivity contribution >= 4 is 33.3 Å². The first kappa shape index (κ1) is 14.6. The van der Waals surface area contributed by atoms with Gasteiger partial charge < -0.3 is 10.6 Å². The van der Waals surface area contributed by atoms with E-state index in [2.05, 4.69) is 40.5 Å². The van der Waals surface area contributed by atoms with Gasteiger partial charge in [0.15, 0.2) is 0 Å². The van der Waals surface area contributed by atoms with Gasteiger partial charge in [0.1, 0.15) is 10.6 Å². The summed E-state index contributed by atoms with van der Waals surface area (Å²) in [7, 11) is 0. The molecule has 0 amide bonds. The molecule has 3 rings (SSSR count). The Hall–Kier alpha value is -1.36. The van der Waals surface area contributed by atoms with Crippen LogP contribution in [-0.2, 0) is 6.42 Å². The average molecular weight is 304 g/mol. The molecule has 2 heterocycles. The van der Waals surface area contributed by atoms with Crippen molar-refractivity contribution in [3.63, 3.8) is 0 Å². The van der Waals surface area contributed by atoms with E-state index >= 15 is 0 Å². The Morgan fingerprint density at radius 3 is 2.81 bits per heavy atom. The number of nitrogens with one attached hydrogen (secondary N) is 2. The topological polar surface area (TPSA) is 49.8 Å². The molecule has 114 valence electrons. The highest BCUT2D eigenvalue weighted by Crippen LogP contribution is 2.34. The van der Waals surface area contributed by atoms with E-state index in [4.69, 9.17) is 0 Å². The number of hydrogen-bond donors (Lipinski definition) is 2. The van der Waals surface area contributed by atoms with Gasteiger partial charge in [-0.05, 0) is 38.2 Å². The van der Waals surface area contributed by atoms with Gasteiger partial charge in [-0.3, -0.25) is 0 Å². The fourth-order valence-corrected chi connectivity index (χ4v) is 3.49. The number of anilines is 2. The summed E-state index contributed by atoms with van der Waals surface area (Å²) >= 11 is 1.77. The lowest BCUT2D eigenvalue weighted by molar-refractivity contribution is 0.687. The highest BCUT2D eigenvalue weighted by Gasteiger charge is 2.20. The van der Waals surface area contributed by atoms with E-state index in [0.29, 0.717) is 0 Å². The molecule has 2 aromatic rings. The first-order chi connectivity index (χ1) is 10.3. The zero-order chi connectivity index (χ0) is 14.7. The number of nitrogens with zero attached hydrogens (tertiary/aromatic N) is 2. The third-order valence-corrected chi connectivity index (χ3v) is 5.08. The maximum atomic E-state index is 4.64. The van der Waals surface area contributed by atoms with Gasteiger partial charge >= 0.3 is 0 Å². The third-order valence-electron chi connectivity index (χ3n) is 3.91. The summed E-state index contributed by atoms with van der Waals surface area (Å²) < 4.78 is 0. The summed E-state index contributed by atoms with van der Waals surface area (Å²) in [6.45, 7) is 6.11. The van der Waals surface area contributed by atoms with Crippen molar-refractivity contribution in [2.75, 3.05) is 23.7 Å². The number of aryl methyl sites for hydroxylation is 1. The molecule has 1 aliphatic carbocycles. The van der Waals surface area contributed by atoms with E-state index in [-0.39, 0.29) is 0 Å². The van der Waals surface area contributed by atoms with Gasteiger partial charge in [0.2, 0.25) is 5.95 Å². The van der Waals surface area contributed by atoms with Crippen LogP contribution in [0.5, 0.6) is 0 Å². The van der Waals surface area contributed by atoms with Gasteiger partial charge in [0, 0.05) is 18.0 Å². The minimum atomic E-state index is 0.735. The fraction of sp³-hybridized carbons (Fsp3) is 0.625. The minimum Gasteiger partial charge on any atom is -0.369 e. The Morgan fingerprint density at radius 1 is 1.24 bits per heavy atom. The quantitative estimate of drug-likeness (QED) is 0.714. The van der Waals surface area contributed by atoms with Crippen LogP contribution in [0, 0.1) is 5.92 Å². The van der Waals surface area contributed by atoms with Crippen LogP contribution in [0.25, 0.3) is 10.2 Å². The van der Waals surface area contributed by atoms with Crippen LogP contribution >= 0.6 is 11.3 Å². The van der Waals surface area contributed by atoms with Crippen LogP contribution in [-0.4, -0.2) is 23.1 Å². The van der Waals surface area contributed by atoms with Crippen molar-refractivity contribution < 1.29 is 0 Å². The molecule has 4 nitrogen and oxygen atoms in total. The predicted molar refractivity (Wildman–Crippen MR) is 91.4 cm³/mol. The van der Waals surface area contributed by atoms with Crippen LogP contribution in [0.2, 0.25) is 0 Å². The van der Waals surface area contributed by atoms with Crippen molar-refractivity contribution in [3.05, 3.63) is 10.9 Å². The largest absolute Gasteiger partial charge is 0.369 e. The zero-order valence-electron chi connectivity index (χ0n) is 12.9. The zero-order valence-corrected chi connectivity index (χ0v) is 13.7. The normalized spacial score (nSPS) is 14.6. The van der Waals surface area contributed by atoms with Crippen molar-refractivity contribution in [3.8, 4) is 0 Å². The summed E-state index contributed by atoms with van der Waals surface area (Å²) in [5.41, 5.74) is 0. The van der Waals surface area contributed by atoms with Crippen LogP contribution in [0.3, 0.4) is 0 Å². The van der Waals surface area contributed by atoms with E-state index in [0.717, 1.165) is 42.0 Å². The first-order valence-electron chi connectivity index (χ1n) is 8.08. The summed E-state index contributed by atoms with van der Waals surface area (Å²) in [4.78, 5) is 11.7. The van der Waals surface area contributed by atoms with Crippen LogP contribution < -0.4 is 10.6 Å². The van der Waals surface area contributed by atoms with E-state index in [1.807, 2.05) is 0 Å². The number of fused-ring (bicyclic) bond motifs is 1. The van der Waals surface area contributed by atoms with Crippen molar-refractivity contribution in [1.82, 2.24) is 9.97 Å². The van der Waals surface area contributed by atoms with Crippen LogP contribution in [0.1, 0.15) is 44.4 Å². The Balaban J connectivity index is 1.76. The summed E-state index contributed by atoms with van der Waals surface area (Å²) in [6.07, 6.45) is 6.51. The average Bonchev–Trinajstić information content (AvgIpc) is 3.21. The number of rotatable bonds is 8. The first-order valence-corrected chi connectivity index (χ1v) is 8.90. The second-order valence-electron chi connectivity index (χ2n) is 5.72. The van der Waals surface area contributed by atoms with Crippen LogP contribution in [0.15, 0.2) is 6.07 Å². The SMILES string of the molecule is CCNc1nc(NCCCC2CC2)c2cc(CC)sc2n1. The number of thiophene rings is 1. The highest BCUT2D eigenvalue weighted by molar-refractivity contribution is 7.18. The van der Waals surface area contributed by atoms with Gasteiger partial charge in [-0.15, -0.1) is 11.3 Å². The molecule has 2 aromatic heterocycles. The fourth-order valence-electron chi connectivity index (χ4n) is 2.52. The Morgan fingerprint density at radius 2 is 2.10 bits per heavy atom. The monoisotopic (exact) mass is 304 g/mol. The van der Waals surface area contributed by atoms with Gasteiger partial charge in [0.25, 0.3) is 0 Å². The third kappa shape index (κ3) is 3.64. The Bertz CT molecular complexity index is 604. The molecule has 0 unspecified atom stereocenters. The molecular weight excluding hydrogens is 280 g/mol. The maximum absolute atomic E-state index is 4.64. The molecule has 1 fully saturated rings. The molecule has 0 saturated heterocycles. The van der Waals surface area contributed by atoms with E-state index in [9.17, 15) is 0 Å². The Labute approximate surface area is 130 Å². The van der Waals surface area contributed by atoms with Gasteiger partial charge in [-0.2, -0.15) is 4.98 Å². The second-order valence-corrected chi connectivity index (χ2v) is 6.84. The van der Waals surface area contributed by atoms with Crippen LogP contribution in [0.4, 0.5) is 11.8 Å². The molecule has 0 spiro atoms. The smallest absolute Gasteiger partial charge is 0.226 e. The van der Waals surface area contributed by atoms with Gasteiger partial charge in [-0.25, -0.2) is 4.98 Å². The van der Waals surface area contributed by atoms with E-state index in [1.165, 1.54) is 35.9 Å². The number of aromatic nitrogens is 2. The lowest BCUT2D eigenvalue weighted by atomic mass is 10.2. The minimum absolute atomic E-state index is 0.735. The highest BCUT2D eigenvalue weighted by atomic mass is 32.1. The molecule has 1 saturated carbocycles. The lowest BCUT2D eigenvalue weighted by Crippen LogP contribution is -2.08. The Kier molecular flexibility index (Phi) is 4.58. The summed E-state index contributed by atoms with van der Waals surface area (Å²) in [5, 5.41) is 7.92. The molecule has 0 radical (unpaired) electrons. The summed E-state index contributed by atoms with van der Waals surface area (Å²) in [5.74, 6) is 2.73. The van der Waals surface area contributed by atoms with Gasteiger partial charge in [0.05, 0.1) is 5.39 Å². The molecule has 0 aliphatic heterocycles. The molecule has 21 heavy (non-hydrogen) atoms. The summed E-state index contributed by atoms with van der Waals surface area (Å²) in [6, 6.07) is 2.24. The van der Waals surface area contributed by atoms with Crippen molar-refractivity contribution in [2.45, 2.75) is 46.0 Å². The molecule has 0 atom stereocenters. The molecule has 0 bridgehead atoms. The van der Waals surface area contributed by atoms with Crippen molar-refractivity contribution in [2.24, 2.45) is 5.92 Å². The molecule has 0 aromatic carbocycles. The lowest BCUT2D eigenvalue weighted by Gasteiger charge is -2.09. The molecular formula is C16H24N4S. The van der Waals surface area contributed by atoms with Crippen molar-refractivity contribution in [1.29, 1.82) is 0 Å². The molecule has 1 aliphatic rings. The predicted octanol–water partition coefficient (Wildman–Crippen LogP) is 4.29. The standard InChI is InChI=1S/C16H24N4S/c1-3-12-10-13-14(18-9-5-6-11-7-8-11)19-16(17-4-2)20-15(13)21-12/h10-11H,3-9H2,1-2H3,(H2,17,18,19,20). The maximum Gasteiger partial charge on any atom is 0.226 e.